The van der Waals surface area contributed by atoms with Crippen molar-refractivity contribution < 1.29 is 4.79 Å². The van der Waals surface area contributed by atoms with Crippen LogP contribution in [0.5, 0.6) is 0 Å². The number of nitrogens with one attached hydrogen (secondary N) is 4. The Balaban J connectivity index is 1.52. The van der Waals surface area contributed by atoms with E-state index >= 15 is 0 Å². The van der Waals surface area contributed by atoms with Crippen LogP contribution in [0, 0.1) is 13.8 Å². The van der Waals surface area contributed by atoms with Crippen molar-refractivity contribution in [3.63, 3.8) is 0 Å². The molecule has 0 radical (unpaired) electrons. The Kier molecular flexibility index (Phi) is 6.49. The first-order chi connectivity index (χ1) is 17.5. The number of anilines is 1. The molecule has 0 aliphatic carbocycles. The van der Waals surface area contributed by atoms with Gasteiger partial charge in [0.2, 0.25) is 5.91 Å². The summed E-state index contributed by atoms with van der Waals surface area (Å²) in [4.78, 5) is 26.2. The van der Waals surface area contributed by atoms with E-state index in [0.29, 0.717) is 18.1 Å². The van der Waals surface area contributed by atoms with Gasteiger partial charge in [0.1, 0.15) is 5.82 Å². The van der Waals surface area contributed by atoms with Crippen molar-refractivity contribution in [1.29, 1.82) is 0 Å². The van der Waals surface area contributed by atoms with Gasteiger partial charge in [-0.3, -0.25) is 9.89 Å². The number of hydrogen-bond acceptors (Lipinski definition) is 5. The number of hydrogen-bond donors (Lipinski definition) is 4. The molecule has 3 heterocycles. The highest BCUT2D eigenvalue weighted by molar-refractivity contribution is 5.83. The number of fused-ring (bicyclic) bond motifs is 1. The topological polar surface area (TPSA) is 111 Å². The van der Waals surface area contributed by atoms with Gasteiger partial charge in [-0.15, -0.1) is 0 Å². The lowest BCUT2D eigenvalue weighted by Gasteiger charge is -2.20. The van der Waals surface area contributed by atoms with Gasteiger partial charge in [0.05, 0.1) is 23.9 Å². The summed E-state index contributed by atoms with van der Waals surface area (Å²) in [6.45, 7) is 3.84. The van der Waals surface area contributed by atoms with Crippen molar-refractivity contribution in [3.05, 3.63) is 95.1 Å². The summed E-state index contributed by atoms with van der Waals surface area (Å²) in [6.07, 6.45) is 2.83. The maximum Gasteiger partial charge on any atom is 0.225 e. The molecule has 8 nitrogen and oxygen atoms in total. The van der Waals surface area contributed by atoms with Gasteiger partial charge in [-0.2, -0.15) is 5.10 Å². The maximum atomic E-state index is 13.3. The third-order valence-electron chi connectivity index (χ3n) is 6.44. The lowest BCUT2D eigenvalue weighted by molar-refractivity contribution is -0.121. The van der Waals surface area contributed by atoms with Crippen molar-refractivity contribution in [2.24, 2.45) is 0 Å². The van der Waals surface area contributed by atoms with E-state index < -0.39 is 0 Å². The molecule has 0 spiro atoms. The molecule has 4 N–H and O–H groups in total. The number of rotatable bonds is 8. The fourth-order valence-corrected chi connectivity index (χ4v) is 4.48. The zero-order chi connectivity index (χ0) is 25.1. The molecular formula is C28H29N7O. The van der Waals surface area contributed by atoms with Gasteiger partial charge in [-0.25, -0.2) is 9.97 Å². The van der Waals surface area contributed by atoms with Crippen LogP contribution in [0.2, 0.25) is 0 Å². The first kappa shape index (κ1) is 23.3. The highest BCUT2D eigenvalue weighted by Crippen LogP contribution is 2.27. The number of carbonyl (C=O) groups excluding carboxylic acids is 1. The Hall–Kier alpha value is -4.46. The normalized spacial score (nSPS) is 12.0. The van der Waals surface area contributed by atoms with Crippen LogP contribution >= 0.6 is 0 Å². The molecule has 182 valence electrons. The predicted molar refractivity (Wildman–Crippen MR) is 142 cm³/mol. The first-order valence-corrected chi connectivity index (χ1v) is 12.0. The summed E-state index contributed by atoms with van der Waals surface area (Å²) in [6, 6.07) is 19.6. The molecule has 3 aromatic heterocycles. The van der Waals surface area contributed by atoms with Crippen LogP contribution in [-0.2, 0) is 17.6 Å². The molecule has 5 aromatic rings. The third kappa shape index (κ3) is 4.84. The summed E-state index contributed by atoms with van der Waals surface area (Å²) in [5.74, 6) is 1.22. The minimum Gasteiger partial charge on any atom is -0.373 e. The smallest absolute Gasteiger partial charge is 0.225 e. The van der Waals surface area contributed by atoms with Gasteiger partial charge in [0, 0.05) is 53.5 Å². The molecule has 0 bridgehead atoms. The van der Waals surface area contributed by atoms with Crippen LogP contribution in [0.15, 0.2) is 66.9 Å². The van der Waals surface area contributed by atoms with Crippen molar-refractivity contribution in [2.75, 3.05) is 12.4 Å². The van der Waals surface area contributed by atoms with E-state index in [0.717, 1.165) is 44.7 Å². The summed E-state index contributed by atoms with van der Waals surface area (Å²) < 4.78 is 0. The number of aromatic amines is 2. The largest absolute Gasteiger partial charge is 0.373 e. The number of aromatic nitrogens is 5. The average Bonchev–Trinajstić information content (AvgIpc) is 3.46. The van der Waals surface area contributed by atoms with E-state index in [1.54, 1.807) is 0 Å². The Morgan fingerprint density at radius 2 is 1.81 bits per heavy atom. The standard InChI is InChI=1S/C28H29N7O/c1-17-22(18(2)35-34-17)14-27(36)31-24(13-20-16-30-23-12-8-7-11-21(20)23)25-15-26(29-3)33-28(32-25)19-9-5-4-6-10-19/h4-12,15-16,24,30H,13-14H2,1-3H3,(H,31,36)(H,34,35)(H,29,32,33)/t24-/m1/s1. The highest BCUT2D eigenvalue weighted by atomic mass is 16.1. The van der Waals surface area contributed by atoms with E-state index in [1.165, 1.54) is 0 Å². The van der Waals surface area contributed by atoms with Gasteiger partial charge in [0.25, 0.3) is 0 Å². The SMILES string of the molecule is CNc1cc([C@@H](Cc2c[nH]c3ccccc23)NC(=O)Cc2c(C)n[nH]c2C)nc(-c2ccccc2)n1. The second-order valence-corrected chi connectivity index (χ2v) is 8.89. The molecule has 0 saturated heterocycles. The Labute approximate surface area is 209 Å². The van der Waals surface area contributed by atoms with E-state index in [-0.39, 0.29) is 18.4 Å². The number of amides is 1. The van der Waals surface area contributed by atoms with E-state index in [1.807, 2.05) is 81.7 Å². The lowest BCUT2D eigenvalue weighted by Crippen LogP contribution is -2.32. The molecular weight excluding hydrogens is 450 g/mol. The molecule has 0 fully saturated rings. The quantitative estimate of drug-likeness (QED) is 0.259. The number of benzene rings is 2. The number of aryl methyl sites for hydroxylation is 2. The summed E-state index contributed by atoms with van der Waals surface area (Å²) >= 11 is 0. The third-order valence-corrected chi connectivity index (χ3v) is 6.44. The van der Waals surface area contributed by atoms with Crippen LogP contribution in [0.4, 0.5) is 5.82 Å². The molecule has 36 heavy (non-hydrogen) atoms. The van der Waals surface area contributed by atoms with Crippen LogP contribution in [0.1, 0.15) is 34.3 Å². The second kappa shape index (κ2) is 10.0. The molecule has 1 amide bonds. The number of H-pyrrole nitrogens is 2. The Morgan fingerprint density at radius 1 is 1.03 bits per heavy atom. The highest BCUT2D eigenvalue weighted by Gasteiger charge is 2.22. The summed E-state index contributed by atoms with van der Waals surface area (Å²) in [5.41, 5.74) is 6.48. The second-order valence-electron chi connectivity index (χ2n) is 8.89. The van der Waals surface area contributed by atoms with Crippen molar-refractivity contribution >= 4 is 22.6 Å². The van der Waals surface area contributed by atoms with Crippen LogP contribution < -0.4 is 10.6 Å². The fraction of sp³-hybridized carbons (Fsp3) is 0.214. The molecule has 2 aromatic carbocycles. The lowest BCUT2D eigenvalue weighted by atomic mass is 10.0. The summed E-state index contributed by atoms with van der Waals surface area (Å²) in [7, 11) is 1.83. The van der Waals surface area contributed by atoms with E-state index in [9.17, 15) is 4.79 Å². The number of nitrogens with zero attached hydrogens (tertiary/aromatic N) is 3. The molecule has 0 unspecified atom stereocenters. The first-order valence-electron chi connectivity index (χ1n) is 12.0. The van der Waals surface area contributed by atoms with Gasteiger partial charge in [-0.1, -0.05) is 48.5 Å². The fourth-order valence-electron chi connectivity index (χ4n) is 4.48. The van der Waals surface area contributed by atoms with Gasteiger partial charge >= 0.3 is 0 Å². The molecule has 8 heteroatoms. The average molecular weight is 480 g/mol. The van der Waals surface area contributed by atoms with Crippen LogP contribution in [0.3, 0.4) is 0 Å². The number of carbonyl (C=O) groups is 1. The molecule has 1 atom stereocenters. The Bertz CT molecular complexity index is 1480. The summed E-state index contributed by atoms with van der Waals surface area (Å²) in [5, 5.41) is 14.7. The zero-order valence-corrected chi connectivity index (χ0v) is 20.6. The van der Waals surface area contributed by atoms with E-state index in [4.69, 9.17) is 4.98 Å². The maximum absolute atomic E-state index is 13.3. The van der Waals surface area contributed by atoms with Gasteiger partial charge in [0.15, 0.2) is 5.82 Å². The zero-order valence-electron chi connectivity index (χ0n) is 20.6. The van der Waals surface area contributed by atoms with Crippen molar-refractivity contribution in [3.8, 4) is 11.4 Å². The van der Waals surface area contributed by atoms with Gasteiger partial charge < -0.3 is 15.6 Å². The molecule has 0 saturated carbocycles. The van der Waals surface area contributed by atoms with Crippen LogP contribution in [-0.4, -0.2) is 38.1 Å². The predicted octanol–water partition coefficient (Wildman–Crippen LogP) is 4.65. The van der Waals surface area contributed by atoms with Crippen molar-refractivity contribution in [2.45, 2.75) is 32.7 Å². The molecule has 0 aliphatic heterocycles. The molecule has 0 aliphatic rings. The Morgan fingerprint density at radius 3 is 2.56 bits per heavy atom. The minimum absolute atomic E-state index is 0.0849. The van der Waals surface area contributed by atoms with E-state index in [2.05, 4.69) is 36.9 Å². The van der Waals surface area contributed by atoms with Crippen LogP contribution in [0.25, 0.3) is 22.3 Å². The molecule has 5 rings (SSSR count). The minimum atomic E-state index is -0.359. The van der Waals surface area contributed by atoms with Gasteiger partial charge in [-0.05, 0) is 25.5 Å². The monoisotopic (exact) mass is 479 g/mol. The number of para-hydroxylation sites is 1. The van der Waals surface area contributed by atoms with Crippen molar-refractivity contribution in [1.82, 2.24) is 30.5 Å².